The minimum Gasteiger partial charge on any atom is -0.497 e. The van der Waals surface area contributed by atoms with Crippen molar-refractivity contribution in [3.05, 3.63) is 63.9 Å². The summed E-state index contributed by atoms with van der Waals surface area (Å²) in [6.07, 6.45) is 1.51. The molecule has 0 saturated heterocycles. The topological polar surface area (TPSA) is 47.3 Å². The predicted octanol–water partition coefficient (Wildman–Crippen LogP) is 3.21. The molecule has 112 valence electrons. The third-order valence-corrected chi connectivity index (χ3v) is 3.95. The lowest BCUT2D eigenvalue weighted by Gasteiger charge is -2.16. The highest BCUT2D eigenvalue weighted by Gasteiger charge is 2.10. The molecule has 1 atom stereocenters. The number of hydrogen-bond acceptors (Lipinski definition) is 3. The molecule has 0 spiro atoms. The van der Waals surface area contributed by atoms with E-state index in [0.29, 0.717) is 4.47 Å². The fourth-order valence-electron chi connectivity index (χ4n) is 2.19. The van der Waals surface area contributed by atoms with Crippen molar-refractivity contribution in [2.75, 3.05) is 7.11 Å². The van der Waals surface area contributed by atoms with Crippen LogP contribution >= 0.6 is 15.9 Å². The quantitative estimate of drug-likeness (QED) is 0.619. The van der Waals surface area contributed by atoms with E-state index in [2.05, 4.69) is 21.4 Å². The second-order valence-electron chi connectivity index (χ2n) is 4.87. The van der Waals surface area contributed by atoms with E-state index in [1.165, 1.54) is 11.6 Å². The van der Waals surface area contributed by atoms with Gasteiger partial charge in [0.25, 0.3) is 0 Å². The third kappa shape index (κ3) is 4.52. The summed E-state index contributed by atoms with van der Waals surface area (Å²) < 4.78 is 18.8. The highest BCUT2D eigenvalue weighted by atomic mass is 79.9. The normalized spacial score (nSPS) is 12.2. The van der Waals surface area contributed by atoms with Crippen LogP contribution in [0.5, 0.6) is 5.75 Å². The van der Waals surface area contributed by atoms with Crippen LogP contribution in [0.3, 0.4) is 0 Å². The van der Waals surface area contributed by atoms with E-state index >= 15 is 0 Å². The van der Waals surface area contributed by atoms with Crippen LogP contribution in [0.1, 0.15) is 11.1 Å². The number of ether oxygens (including phenoxy) is 1. The average molecular weight is 353 g/mol. The Balaban J connectivity index is 2.03. The van der Waals surface area contributed by atoms with Crippen LogP contribution in [-0.4, -0.2) is 13.2 Å². The lowest BCUT2D eigenvalue weighted by Crippen LogP contribution is -2.38. The first-order valence-electron chi connectivity index (χ1n) is 6.65. The summed E-state index contributed by atoms with van der Waals surface area (Å²) in [5.41, 5.74) is 5.02. The Morgan fingerprint density at radius 2 is 1.76 bits per heavy atom. The van der Waals surface area contributed by atoms with Gasteiger partial charge in [0.1, 0.15) is 11.6 Å². The van der Waals surface area contributed by atoms with Gasteiger partial charge in [-0.1, -0.05) is 18.2 Å². The number of nitrogens with two attached hydrogens (primary N) is 1. The Morgan fingerprint density at radius 1 is 1.14 bits per heavy atom. The van der Waals surface area contributed by atoms with Crippen molar-refractivity contribution < 1.29 is 9.13 Å². The Bertz CT molecular complexity index is 589. The van der Waals surface area contributed by atoms with Crippen molar-refractivity contribution in [1.29, 1.82) is 0 Å². The molecule has 2 rings (SSSR count). The number of hydrogen-bond donors (Lipinski definition) is 2. The molecule has 0 aliphatic carbocycles. The Hall–Kier alpha value is -1.43. The molecule has 0 fully saturated rings. The predicted molar refractivity (Wildman–Crippen MR) is 85.6 cm³/mol. The first kappa shape index (κ1) is 15.9. The molecule has 3 N–H and O–H groups in total. The Labute approximate surface area is 132 Å². The Kier molecular flexibility index (Phi) is 5.73. The molecule has 0 saturated carbocycles. The standard InChI is InChI=1S/C16H18BrFN2O/c1-21-14-5-2-11(3-6-14)8-13(20-19)9-12-4-7-16(18)15(17)10-12/h2-7,10,13,20H,8-9,19H2,1H3. The summed E-state index contributed by atoms with van der Waals surface area (Å²) in [6.45, 7) is 0. The summed E-state index contributed by atoms with van der Waals surface area (Å²) in [5, 5.41) is 0. The summed E-state index contributed by atoms with van der Waals surface area (Å²) in [4.78, 5) is 0. The van der Waals surface area contributed by atoms with E-state index in [1.54, 1.807) is 19.2 Å². The van der Waals surface area contributed by atoms with Gasteiger partial charge in [-0.05, 0) is 64.2 Å². The van der Waals surface area contributed by atoms with Crippen molar-refractivity contribution in [3.63, 3.8) is 0 Å². The molecule has 0 amide bonds. The summed E-state index contributed by atoms with van der Waals surface area (Å²) in [7, 11) is 1.64. The van der Waals surface area contributed by atoms with Gasteiger partial charge in [-0.2, -0.15) is 0 Å². The number of nitrogens with one attached hydrogen (secondary N) is 1. The van der Waals surface area contributed by atoms with Gasteiger partial charge in [-0.3, -0.25) is 11.3 Å². The first-order valence-corrected chi connectivity index (χ1v) is 7.44. The van der Waals surface area contributed by atoms with Gasteiger partial charge in [-0.15, -0.1) is 0 Å². The zero-order valence-corrected chi connectivity index (χ0v) is 13.4. The van der Waals surface area contributed by atoms with Crippen molar-refractivity contribution in [3.8, 4) is 5.75 Å². The van der Waals surface area contributed by atoms with Crippen LogP contribution in [-0.2, 0) is 12.8 Å². The van der Waals surface area contributed by atoms with Crippen LogP contribution in [0.4, 0.5) is 4.39 Å². The van der Waals surface area contributed by atoms with Gasteiger partial charge in [0.15, 0.2) is 0 Å². The van der Waals surface area contributed by atoms with E-state index in [4.69, 9.17) is 10.6 Å². The maximum Gasteiger partial charge on any atom is 0.137 e. The highest BCUT2D eigenvalue weighted by molar-refractivity contribution is 9.10. The molecule has 5 heteroatoms. The van der Waals surface area contributed by atoms with Crippen LogP contribution in [0.2, 0.25) is 0 Å². The number of hydrazine groups is 1. The molecule has 1 unspecified atom stereocenters. The maximum absolute atomic E-state index is 13.2. The lowest BCUT2D eigenvalue weighted by molar-refractivity contribution is 0.414. The highest BCUT2D eigenvalue weighted by Crippen LogP contribution is 2.19. The fourth-order valence-corrected chi connectivity index (χ4v) is 2.61. The number of rotatable bonds is 6. The summed E-state index contributed by atoms with van der Waals surface area (Å²) in [5.74, 6) is 6.21. The van der Waals surface area contributed by atoms with Gasteiger partial charge in [0.05, 0.1) is 11.6 Å². The van der Waals surface area contributed by atoms with Crippen LogP contribution in [0.25, 0.3) is 0 Å². The zero-order chi connectivity index (χ0) is 15.2. The van der Waals surface area contributed by atoms with Gasteiger partial charge < -0.3 is 4.74 Å². The van der Waals surface area contributed by atoms with E-state index < -0.39 is 0 Å². The molecule has 0 aromatic heterocycles. The molecule has 2 aromatic carbocycles. The Morgan fingerprint density at radius 3 is 2.33 bits per heavy atom. The van der Waals surface area contributed by atoms with Crippen molar-refractivity contribution in [1.82, 2.24) is 5.43 Å². The largest absolute Gasteiger partial charge is 0.497 e. The molecular weight excluding hydrogens is 335 g/mol. The van der Waals surface area contributed by atoms with Gasteiger partial charge in [-0.25, -0.2) is 4.39 Å². The smallest absolute Gasteiger partial charge is 0.137 e. The SMILES string of the molecule is COc1ccc(CC(Cc2ccc(F)c(Br)c2)NN)cc1. The van der Waals surface area contributed by atoms with Crippen LogP contribution < -0.4 is 16.0 Å². The van der Waals surface area contributed by atoms with E-state index in [-0.39, 0.29) is 11.9 Å². The third-order valence-electron chi connectivity index (χ3n) is 3.34. The van der Waals surface area contributed by atoms with E-state index in [9.17, 15) is 4.39 Å². The first-order chi connectivity index (χ1) is 10.1. The van der Waals surface area contributed by atoms with Crippen molar-refractivity contribution in [2.45, 2.75) is 18.9 Å². The minimum atomic E-state index is -0.258. The minimum absolute atomic E-state index is 0.0794. The second-order valence-corrected chi connectivity index (χ2v) is 5.72. The average Bonchev–Trinajstić information content (AvgIpc) is 2.51. The van der Waals surface area contributed by atoms with Crippen LogP contribution in [0.15, 0.2) is 46.9 Å². The monoisotopic (exact) mass is 352 g/mol. The molecule has 3 nitrogen and oxygen atoms in total. The van der Waals surface area contributed by atoms with E-state index in [1.807, 2.05) is 24.3 Å². The molecule has 0 aliphatic heterocycles. The zero-order valence-electron chi connectivity index (χ0n) is 11.8. The molecule has 0 radical (unpaired) electrons. The molecule has 0 bridgehead atoms. The van der Waals surface area contributed by atoms with Crippen molar-refractivity contribution >= 4 is 15.9 Å². The van der Waals surface area contributed by atoms with Crippen LogP contribution in [0, 0.1) is 5.82 Å². The maximum atomic E-state index is 13.2. The lowest BCUT2D eigenvalue weighted by atomic mass is 9.99. The molecule has 0 aliphatic rings. The fraction of sp³-hybridized carbons (Fsp3) is 0.250. The summed E-state index contributed by atoms with van der Waals surface area (Å²) in [6, 6.07) is 13.0. The number of methoxy groups -OCH3 is 1. The molecular formula is C16H18BrFN2O. The second kappa shape index (κ2) is 7.54. The number of halogens is 2. The van der Waals surface area contributed by atoms with E-state index in [0.717, 1.165) is 24.2 Å². The summed E-state index contributed by atoms with van der Waals surface area (Å²) >= 11 is 3.20. The number of benzene rings is 2. The molecule has 0 heterocycles. The van der Waals surface area contributed by atoms with Gasteiger partial charge >= 0.3 is 0 Å². The molecule has 2 aromatic rings. The van der Waals surface area contributed by atoms with Crippen molar-refractivity contribution in [2.24, 2.45) is 5.84 Å². The molecule has 21 heavy (non-hydrogen) atoms. The van der Waals surface area contributed by atoms with Gasteiger partial charge in [0.2, 0.25) is 0 Å². The van der Waals surface area contributed by atoms with Gasteiger partial charge in [0, 0.05) is 6.04 Å².